The average molecular weight is 451 g/mol. The number of nitrogens with zero attached hydrogens (tertiary/aromatic N) is 2. The lowest BCUT2D eigenvalue weighted by Gasteiger charge is -2.42. The van der Waals surface area contributed by atoms with Crippen LogP contribution in [0.4, 0.5) is 0 Å². The quantitative estimate of drug-likeness (QED) is 0.651. The van der Waals surface area contributed by atoms with Crippen LogP contribution in [0.5, 0.6) is 5.75 Å². The Balaban J connectivity index is 1.49. The van der Waals surface area contributed by atoms with Gasteiger partial charge < -0.3 is 19.3 Å². The van der Waals surface area contributed by atoms with E-state index in [1.807, 2.05) is 59.5 Å². The minimum atomic E-state index is -0.0522. The van der Waals surface area contributed by atoms with E-state index in [0.29, 0.717) is 37.7 Å². The number of rotatable bonds is 1. The molecule has 0 radical (unpaired) electrons. The number of carbonyl (C=O) groups excluding carboxylic acids is 2. The SMILES string of the molecule is CN1CCOCCCCC2(CCN(C(=O)c3ccccc3)CC2)COc2ccccc2C1=O. The van der Waals surface area contributed by atoms with E-state index in [1.165, 1.54) is 0 Å². The number of hydrogen-bond donors (Lipinski definition) is 0. The summed E-state index contributed by atoms with van der Waals surface area (Å²) < 4.78 is 12.1. The molecule has 33 heavy (non-hydrogen) atoms. The molecule has 0 saturated carbocycles. The molecule has 0 aliphatic carbocycles. The summed E-state index contributed by atoms with van der Waals surface area (Å²) in [5.41, 5.74) is 1.31. The lowest BCUT2D eigenvalue weighted by atomic mass is 9.75. The van der Waals surface area contributed by atoms with Gasteiger partial charge in [-0.05, 0) is 49.9 Å². The van der Waals surface area contributed by atoms with E-state index in [-0.39, 0.29) is 17.2 Å². The van der Waals surface area contributed by atoms with E-state index in [9.17, 15) is 9.59 Å². The molecule has 1 saturated heterocycles. The maximum Gasteiger partial charge on any atom is 0.257 e. The van der Waals surface area contributed by atoms with Gasteiger partial charge in [0.1, 0.15) is 5.75 Å². The largest absolute Gasteiger partial charge is 0.492 e. The Morgan fingerprint density at radius 2 is 1.61 bits per heavy atom. The van der Waals surface area contributed by atoms with Crippen LogP contribution >= 0.6 is 0 Å². The molecule has 4 rings (SSSR count). The van der Waals surface area contributed by atoms with Crippen LogP contribution in [-0.4, -0.2) is 68.1 Å². The van der Waals surface area contributed by atoms with Crippen molar-refractivity contribution in [1.82, 2.24) is 9.80 Å². The number of ether oxygens (including phenoxy) is 2. The first-order chi connectivity index (χ1) is 16.1. The zero-order valence-electron chi connectivity index (χ0n) is 19.5. The molecular weight excluding hydrogens is 416 g/mol. The van der Waals surface area contributed by atoms with Crippen LogP contribution in [-0.2, 0) is 4.74 Å². The number of fused-ring (bicyclic) bond motifs is 1. The van der Waals surface area contributed by atoms with Gasteiger partial charge in [-0.15, -0.1) is 0 Å². The van der Waals surface area contributed by atoms with Gasteiger partial charge in [0.25, 0.3) is 11.8 Å². The van der Waals surface area contributed by atoms with E-state index in [4.69, 9.17) is 9.47 Å². The standard InChI is InChI=1S/C27H34N2O4/c1-28-18-20-32-19-8-7-13-27(21-33-24-12-6-5-11-23(24)26(28)31)14-16-29(17-15-27)25(30)22-9-3-2-4-10-22/h2-6,9-12H,7-8,13-21H2,1H3. The van der Waals surface area contributed by atoms with E-state index in [2.05, 4.69) is 0 Å². The van der Waals surface area contributed by atoms with Gasteiger partial charge in [0, 0.05) is 44.3 Å². The van der Waals surface area contributed by atoms with Crippen molar-refractivity contribution in [3.8, 4) is 5.75 Å². The highest BCUT2D eigenvalue weighted by molar-refractivity contribution is 5.96. The Bertz CT molecular complexity index is 938. The number of benzene rings is 2. The third-order valence-corrected chi connectivity index (χ3v) is 6.95. The zero-order chi connectivity index (χ0) is 23.1. The number of likely N-dealkylation sites (tertiary alicyclic amines) is 1. The van der Waals surface area contributed by atoms with E-state index >= 15 is 0 Å². The maximum atomic E-state index is 13.0. The van der Waals surface area contributed by atoms with E-state index in [1.54, 1.807) is 11.9 Å². The fourth-order valence-electron chi connectivity index (χ4n) is 4.73. The molecule has 2 amide bonds. The second kappa shape index (κ2) is 10.8. The summed E-state index contributed by atoms with van der Waals surface area (Å²) in [4.78, 5) is 29.5. The number of carbonyl (C=O) groups is 2. The Labute approximate surface area is 196 Å². The average Bonchev–Trinajstić information content (AvgIpc) is 2.86. The van der Waals surface area contributed by atoms with Crippen molar-refractivity contribution in [1.29, 1.82) is 0 Å². The second-order valence-electron chi connectivity index (χ2n) is 9.24. The Morgan fingerprint density at radius 1 is 0.879 bits per heavy atom. The normalized spacial score (nSPS) is 20.0. The summed E-state index contributed by atoms with van der Waals surface area (Å²) in [5, 5.41) is 0. The second-order valence-corrected chi connectivity index (χ2v) is 9.24. The first kappa shape index (κ1) is 23.3. The molecule has 2 heterocycles. The summed E-state index contributed by atoms with van der Waals surface area (Å²) in [6, 6.07) is 17.0. The van der Waals surface area contributed by atoms with Crippen LogP contribution in [0.25, 0.3) is 0 Å². The number of piperidine rings is 1. The lowest BCUT2D eigenvalue weighted by Crippen LogP contribution is -2.45. The first-order valence-corrected chi connectivity index (χ1v) is 12.0. The Hall–Kier alpha value is -2.86. The van der Waals surface area contributed by atoms with Crippen molar-refractivity contribution in [2.24, 2.45) is 5.41 Å². The highest BCUT2D eigenvalue weighted by Gasteiger charge is 2.37. The highest BCUT2D eigenvalue weighted by atomic mass is 16.5. The fourth-order valence-corrected chi connectivity index (χ4v) is 4.73. The number of para-hydroxylation sites is 1. The van der Waals surface area contributed by atoms with Gasteiger partial charge in [-0.3, -0.25) is 9.59 Å². The van der Waals surface area contributed by atoms with Crippen LogP contribution < -0.4 is 4.74 Å². The zero-order valence-corrected chi connectivity index (χ0v) is 19.5. The van der Waals surface area contributed by atoms with Gasteiger partial charge in [0.05, 0.1) is 18.8 Å². The van der Waals surface area contributed by atoms with Crippen LogP contribution in [0, 0.1) is 5.41 Å². The summed E-state index contributed by atoms with van der Waals surface area (Å²) in [5.74, 6) is 0.678. The summed E-state index contributed by atoms with van der Waals surface area (Å²) >= 11 is 0. The van der Waals surface area contributed by atoms with Gasteiger partial charge in [-0.2, -0.15) is 0 Å². The molecule has 0 bridgehead atoms. The topological polar surface area (TPSA) is 59.1 Å². The molecule has 2 aliphatic rings. The van der Waals surface area contributed by atoms with Crippen molar-refractivity contribution < 1.29 is 19.1 Å². The van der Waals surface area contributed by atoms with Crippen molar-refractivity contribution in [2.45, 2.75) is 32.1 Å². The molecular formula is C27H34N2O4. The molecule has 0 aromatic heterocycles. The minimum Gasteiger partial charge on any atom is -0.492 e. The van der Waals surface area contributed by atoms with Gasteiger partial charge in [0.15, 0.2) is 0 Å². The van der Waals surface area contributed by atoms with Crippen LogP contribution in [0.15, 0.2) is 54.6 Å². The molecule has 0 atom stereocenters. The Kier molecular flexibility index (Phi) is 7.65. The maximum absolute atomic E-state index is 13.0. The summed E-state index contributed by atoms with van der Waals surface area (Å²) in [6.45, 7) is 3.78. The molecule has 0 unspecified atom stereocenters. The predicted octanol–water partition coefficient (Wildman–Crippen LogP) is 4.26. The molecule has 6 heteroatoms. The Morgan fingerprint density at radius 3 is 2.39 bits per heavy atom. The molecule has 2 aromatic carbocycles. The van der Waals surface area contributed by atoms with Crippen molar-refractivity contribution >= 4 is 11.8 Å². The summed E-state index contributed by atoms with van der Waals surface area (Å²) in [6.07, 6.45) is 4.86. The number of hydrogen-bond acceptors (Lipinski definition) is 4. The molecule has 2 aliphatic heterocycles. The van der Waals surface area contributed by atoms with Gasteiger partial charge in [-0.25, -0.2) is 0 Å². The molecule has 2 aromatic rings. The minimum absolute atomic E-state index is 0.0142. The third-order valence-electron chi connectivity index (χ3n) is 6.95. The van der Waals surface area contributed by atoms with Crippen molar-refractivity contribution in [3.05, 3.63) is 65.7 Å². The summed E-state index contributed by atoms with van der Waals surface area (Å²) in [7, 11) is 1.80. The predicted molar refractivity (Wildman–Crippen MR) is 128 cm³/mol. The number of likely N-dealkylation sites (N-methyl/N-ethyl adjacent to an activating group) is 1. The lowest BCUT2D eigenvalue weighted by molar-refractivity contribution is 0.0329. The van der Waals surface area contributed by atoms with Gasteiger partial charge in [0.2, 0.25) is 0 Å². The molecule has 6 nitrogen and oxygen atoms in total. The van der Waals surface area contributed by atoms with Crippen molar-refractivity contribution in [3.63, 3.8) is 0 Å². The third kappa shape index (κ3) is 5.74. The van der Waals surface area contributed by atoms with E-state index in [0.717, 1.165) is 50.8 Å². The fraction of sp³-hybridized carbons (Fsp3) is 0.481. The molecule has 1 fully saturated rings. The van der Waals surface area contributed by atoms with E-state index < -0.39 is 0 Å². The highest BCUT2D eigenvalue weighted by Crippen LogP contribution is 2.38. The molecule has 1 spiro atoms. The number of amides is 2. The monoisotopic (exact) mass is 450 g/mol. The van der Waals surface area contributed by atoms with Gasteiger partial charge in [-0.1, -0.05) is 36.8 Å². The first-order valence-electron chi connectivity index (χ1n) is 12.0. The van der Waals surface area contributed by atoms with Crippen LogP contribution in [0.3, 0.4) is 0 Å². The molecule has 176 valence electrons. The molecule has 0 N–H and O–H groups in total. The van der Waals surface area contributed by atoms with Crippen molar-refractivity contribution in [2.75, 3.05) is 46.5 Å². The van der Waals surface area contributed by atoms with Crippen LogP contribution in [0.1, 0.15) is 52.8 Å². The van der Waals surface area contributed by atoms with Crippen LogP contribution in [0.2, 0.25) is 0 Å². The van der Waals surface area contributed by atoms with Gasteiger partial charge >= 0.3 is 0 Å². The smallest absolute Gasteiger partial charge is 0.257 e.